The summed E-state index contributed by atoms with van der Waals surface area (Å²) in [5.74, 6) is -0.793. The van der Waals surface area contributed by atoms with Crippen LogP contribution >= 0.6 is 23.4 Å². The van der Waals surface area contributed by atoms with E-state index in [-0.39, 0.29) is 79.3 Å². The molecule has 0 fully saturated rings. The molecule has 1 aromatic heterocycles. The fourth-order valence-electron chi connectivity index (χ4n) is 3.66. The van der Waals surface area contributed by atoms with Crippen LogP contribution in [0.4, 0.5) is 11.4 Å². The van der Waals surface area contributed by atoms with Crippen LogP contribution in [-0.4, -0.2) is 36.1 Å². The zero-order chi connectivity index (χ0) is 29.7. The van der Waals surface area contributed by atoms with Crippen molar-refractivity contribution in [3.05, 3.63) is 71.6 Å². The fourth-order valence-corrected chi connectivity index (χ4v) is 6.41. The minimum Gasteiger partial charge on any atom is -0.744 e. The van der Waals surface area contributed by atoms with Crippen LogP contribution in [-0.2, 0) is 24.3 Å². The van der Waals surface area contributed by atoms with Gasteiger partial charge in [-0.25, -0.2) is 13.4 Å². The molecule has 4 rings (SSSR count). The third-order valence-electron chi connectivity index (χ3n) is 5.49. The van der Waals surface area contributed by atoms with Crippen molar-refractivity contribution in [1.82, 2.24) is 4.98 Å². The number of para-hydroxylation sites is 2. The molecule has 0 unspecified atom stereocenters. The number of nitrogens with zero attached hydrogens (tertiary/aromatic N) is 3. The second-order valence-electron chi connectivity index (χ2n) is 8.22. The number of azo groups is 1. The van der Waals surface area contributed by atoms with E-state index in [0.29, 0.717) is 45.1 Å². The molecule has 0 aliphatic rings. The second-order valence-corrected chi connectivity index (χ2v) is 11.3. The Morgan fingerprint density at radius 2 is 1.86 bits per heavy atom. The number of benzene rings is 3. The number of thiazole rings is 1. The average molecular weight is 663 g/mol. The molecule has 2 N–H and O–H groups in total. The van der Waals surface area contributed by atoms with E-state index in [2.05, 4.69) is 29.9 Å². The van der Waals surface area contributed by atoms with Crippen molar-refractivity contribution >= 4 is 61.0 Å². The first-order valence-corrected chi connectivity index (χ1v) is 14.4. The van der Waals surface area contributed by atoms with Crippen LogP contribution in [0.1, 0.15) is 12.5 Å². The monoisotopic (exact) mass is 662 g/mol. The first kappa shape index (κ1) is 37.3. The van der Waals surface area contributed by atoms with E-state index >= 15 is 0 Å². The van der Waals surface area contributed by atoms with E-state index in [1.807, 2.05) is 0 Å². The molecule has 4 aromatic rings. The topological polar surface area (TPSA) is 195 Å². The Bertz CT molecular complexity index is 1790. The van der Waals surface area contributed by atoms with Crippen LogP contribution in [0, 0.1) is 6.92 Å². The summed E-state index contributed by atoms with van der Waals surface area (Å²) in [5, 5.41) is 35.0. The van der Waals surface area contributed by atoms with Crippen LogP contribution in [0.5, 0.6) is 5.75 Å². The zero-order valence-electron chi connectivity index (χ0n) is 23.5. The maximum atomic E-state index is 12.8. The Morgan fingerprint density at radius 1 is 1.14 bits per heavy atom. The first-order valence-electron chi connectivity index (χ1n) is 11.4. The number of fused-ring (bicyclic) bond motifs is 1. The van der Waals surface area contributed by atoms with Crippen LogP contribution in [0.15, 0.2) is 86.1 Å². The first-order chi connectivity index (χ1) is 19.5. The molecule has 0 atom stereocenters. The number of aliphatic hydroxyl groups excluding tert-OH is 1. The predicted octanol–water partition coefficient (Wildman–Crippen LogP) is -1.07. The number of carbonyl (C=O) groups excluding carboxylic acids is 1. The molecule has 18 heteroatoms. The number of ether oxygens (including phenoxy) is 1. The smallest absolute Gasteiger partial charge is 0.744 e. The molecule has 0 aliphatic heterocycles. The Hall–Kier alpha value is -1.90. The number of rotatable bonds is 10. The summed E-state index contributed by atoms with van der Waals surface area (Å²) in [6, 6.07) is 14.3. The van der Waals surface area contributed by atoms with Crippen molar-refractivity contribution < 1.29 is 101 Å². The molecule has 3 aromatic carbocycles. The summed E-state index contributed by atoms with van der Waals surface area (Å²) in [5.41, 5.74) is 1.15. The molecular weight excluding hydrogens is 642 g/mol. The standard InChI is InChI=1S/C25H22N4O9S3.2Na/c1-13-8-10-18-22(23(13)41(33,34)35)39-25(27-18)15-9-11-17(20(12-15)40-38-37-32)28-29-21(14(2)30)24(31)26-16-6-4-5-7-19(16)36-3;;/h4-12,30,32H,1-3H3,(H,26,31)(H,33,34,35);;/q;2*+1/p-2/b21-14+,29-28?;;. The number of methoxy groups -OCH3 is 1. The maximum absolute atomic E-state index is 12.8. The van der Waals surface area contributed by atoms with Gasteiger partial charge in [-0.3, -0.25) is 9.83 Å². The molecule has 0 aliphatic carbocycles. The number of aromatic nitrogens is 1. The second kappa shape index (κ2) is 16.4. The van der Waals surface area contributed by atoms with E-state index in [0.717, 1.165) is 11.3 Å². The van der Waals surface area contributed by atoms with Crippen molar-refractivity contribution in [2.75, 3.05) is 12.4 Å². The van der Waals surface area contributed by atoms with Crippen molar-refractivity contribution in [1.29, 1.82) is 0 Å². The van der Waals surface area contributed by atoms with Gasteiger partial charge in [-0.15, -0.1) is 21.6 Å². The van der Waals surface area contributed by atoms with Gasteiger partial charge >= 0.3 is 59.1 Å². The number of nitrogens with one attached hydrogen (secondary N) is 1. The molecule has 0 saturated carbocycles. The zero-order valence-corrected chi connectivity index (χ0v) is 29.9. The SMILES string of the molecule is COc1ccccc1NC(=O)/C(N=Nc1ccc(-c2nc3ccc(C)c(S(=O)(=O)[O-])c3s2)cc1SOO[O-])=C(/C)O.[Na+].[Na+]. The average Bonchev–Trinajstić information content (AvgIpc) is 3.35. The fraction of sp³-hybridized carbons (Fsp3) is 0.120. The minimum atomic E-state index is -4.76. The normalized spacial score (nSPS) is 11.9. The van der Waals surface area contributed by atoms with E-state index in [9.17, 15) is 28.1 Å². The number of aliphatic hydroxyl groups is 1. The molecular formula is C25H20N4Na2O9S3. The number of hydrogen-bond acceptors (Lipinski definition) is 14. The van der Waals surface area contributed by atoms with Crippen LogP contribution in [0.3, 0.4) is 0 Å². The summed E-state index contributed by atoms with van der Waals surface area (Å²) in [7, 11) is -3.32. The molecule has 43 heavy (non-hydrogen) atoms. The molecule has 0 saturated heterocycles. The van der Waals surface area contributed by atoms with E-state index < -0.39 is 27.5 Å². The van der Waals surface area contributed by atoms with Gasteiger partial charge < -0.3 is 25.0 Å². The number of allylic oxidation sites excluding steroid dienone is 1. The van der Waals surface area contributed by atoms with Gasteiger partial charge in [0.2, 0.25) is 0 Å². The summed E-state index contributed by atoms with van der Waals surface area (Å²) < 4.78 is 45.5. The summed E-state index contributed by atoms with van der Waals surface area (Å²) in [6.07, 6.45) is 0. The number of hydrogen-bond donors (Lipinski definition) is 2. The van der Waals surface area contributed by atoms with Gasteiger partial charge in [-0.05, 0) is 55.8 Å². The molecule has 1 amide bonds. The van der Waals surface area contributed by atoms with E-state index in [1.165, 1.54) is 39.2 Å². The molecule has 1 heterocycles. The van der Waals surface area contributed by atoms with Crippen molar-refractivity contribution in [2.24, 2.45) is 10.2 Å². The number of anilines is 1. The van der Waals surface area contributed by atoms with Gasteiger partial charge in [-0.1, -0.05) is 18.2 Å². The Kier molecular flexibility index (Phi) is 14.2. The molecule has 0 radical (unpaired) electrons. The Balaban J connectivity index is 0.00000323. The minimum absolute atomic E-state index is 0. The predicted molar refractivity (Wildman–Crippen MR) is 147 cm³/mol. The summed E-state index contributed by atoms with van der Waals surface area (Å²) in [6.45, 7) is 2.78. The van der Waals surface area contributed by atoms with Crippen LogP contribution < -0.4 is 74.4 Å². The van der Waals surface area contributed by atoms with Crippen LogP contribution in [0.25, 0.3) is 20.8 Å². The van der Waals surface area contributed by atoms with Crippen molar-refractivity contribution in [3.8, 4) is 16.3 Å². The van der Waals surface area contributed by atoms with Gasteiger partial charge in [0.05, 0.1) is 44.8 Å². The number of carbonyl (C=O) groups is 1. The Labute approximate surface area is 298 Å². The molecule has 214 valence electrons. The van der Waals surface area contributed by atoms with Gasteiger partial charge in [0.25, 0.3) is 5.91 Å². The van der Waals surface area contributed by atoms with Crippen LogP contribution in [0.2, 0.25) is 0 Å². The van der Waals surface area contributed by atoms with E-state index in [4.69, 9.17) is 4.74 Å². The molecule has 13 nitrogen and oxygen atoms in total. The third-order valence-corrected chi connectivity index (χ3v) is 8.41. The number of aryl methyl sites for hydroxylation is 1. The van der Waals surface area contributed by atoms with Gasteiger partial charge in [0.1, 0.15) is 32.3 Å². The molecule has 0 spiro atoms. The van der Waals surface area contributed by atoms with Gasteiger partial charge in [-0.2, -0.15) is 4.33 Å². The Morgan fingerprint density at radius 3 is 2.51 bits per heavy atom. The summed E-state index contributed by atoms with van der Waals surface area (Å²) in [4.78, 5) is 17.1. The van der Waals surface area contributed by atoms with E-state index in [1.54, 1.807) is 36.4 Å². The van der Waals surface area contributed by atoms with Gasteiger partial charge in [0, 0.05) is 5.56 Å². The quantitative estimate of drug-likeness (QED) is 0.0307. The third kappa shape index (κ3) is 9.07. The van der Waals surface area contributed by atoms with Gasteiger partial charge in [0.15, 0.2) is 5.70 Å². The molecule has 0 bridgehead atoms. The summed E-state index contributed by atoms with van der Waals surface area (Å²) >= 11 is 1.49. The maximum Gasteiger partial charge on any atom is 1.00 e. The van der Waals surface area contributed by atoms with Crippen molar-refractivity contribution in [2.45, 2.75) is 23.6 Å². The number of amides is 1. The largest absolute Gasteiger partial charge is 1.00 e. The van der Waals surface area contributed by atoms with Crippen molar-refractivity contribution in [3.63, 3.8) is 0 Å².